The number of amides is 3. The second kappa shape index (κ2) is 24.2. The number of hydrogen-bond donors (Lipinski definition) is 4. The molecular weight excluding hydrogens is 955 g/mol. The highest BCUT2D eigenvalue weighted by Crippen LogP contribution is 2.35. The lowest BCUT2D eigenvalue weighted by Gasteiger charge is -2.27. The zero-order valence-electron chi connectivity index (χ0n) is 38.6. The molecule has 0 aromatic heterocycles. The van der Waals surface area contributed by atoms with Crippen molar-refractivity contribution in [2.45, 2.75) is 94.0 Å². The fourth-order valence-electron chi connectivity index (χ4n) is 8.84. The molecule has 0 saturated carbocycles. The SMILES string of the molecule is CC(C)(C)OC(=O)N[C@@H](CC(=O)N1CC[C@H]2CNC[C@H]21)Cc1cc(F)c(F)cc1F.N[C@@H](CC(=O)N1CC[C@H]2CN(S(=O)(=O)c3ccccc3)C[C@H]21)Cc1cc(F)c(F)cc1F.O=CO/C=C/C(=O)O. The van der Waals surface area contributed by atoms with E-state index in [0.29, 0.717) is 50.2 Å². The van der Waals surface area contributed by atoms with Crippen molar-refractivity contribution in [1.82, 2.24) is 24.7 Å². The van der Waals surface area contributed by atoms with Crippen molar-refractivity contribution in [3.05, 3.63) is 113 Å². The first-order valence-electron chi connectivity index (χ1n) is 22.3. The molecule has 3 aromatic carbocycles. The maximum Gasteiger partial charge on any atom is 0.407 e. The highest BCUT2D eigenvalue weighted by atomic mass is 32.2. The van der Waals surface area contributed by atoms with Gasteiger partial charge in [-0.3, -0.25) is 14.4 Å². The smallest absolute Gasteiger partial charge is 0.407 e. The molecule has 0 aliphatic carbocycles. The maximum absolute atomic E-state index is 14.2. The fraction of sp³-hybridized carbons (Fsp3) is 0.468. The number of fused-ring (bicyclic) bond motifs is 2. The van der Waals surface area contributed by atoms with Crippen LogP contribution in [0.25, 0.3) is 0 Å². The minimum Gasteiger partial charge on any atom is -0.478 e. The molecule has 4 saturated heterocycles. The summed E-state index contributed by atoms with van der Waals surface area (Å²) in [5.41, 5.74) is 5.03. The predicted octanol–water partition coefficient (Wildman–Crippen LogP) is 4.79. The molecule has 4 aliphatic heterocycles. The Balaban J connectivity index is 0.000000226. The van der Waals surface area contributed by atoms with Crippen LogP contribution in [0.2, 0.25) is 0 Å². The third-order valence-corrected chi connectivity index (χ3v) is 13.9. The summed E-state index contributed by atoms with van der Waals surface area (Å²) in [6.07, 6.45) is 1.84. The number of carboxylic acid groups (broad SMARTS) is 1. The molecule has 3 amide bonds. The number of sulfonamides is 1. The minimum absolute atomic E-state index is 0.0392. The Hall–Kier alpha value is -6.04. The van der Waals surface area contributed by atoms with Crippen molar-refractivity contribution >= 4 is 40.4 Å². The molecular formula is C47H56F6N6O10S. The number of likely N-dealkylation sites (tertiary alicyclic amines) is 2. The molecule has 0 radical (unpaired) electrons. The molecule has 4 aliphatic rings. The summed E-state index contributed by atoms with van der Waals surface area (Å²) in [7, 11) is -3.64. The van der Waals surface area contributed by atoms with Crippen molar-refractivity contribution in [1.29, 1.82) is 0 Å². The van der Waals surface area contributed by atoms with Gasteiger partial charge in [0.2, 0.25) is 21.8 Å². The van der Waals surface area contributed by atoms with Gasteiger partial charge < -0.3 is 40.7 Å². The molecule has 7 rings (SSSR count). The zero-order valence-corrected chi connectivity index (χ0v) is 39.4. The van der Waals surface area contributed by atoms with E-state index >= 15 is 0 Å². The number of aliphatic carboxylic acids is 1. The van der Waals surface area contributed by atoms with Crippen LogP contribution in [0.15, 0.2) is 71.8 Å². The van der Waals surface area contributed by atoms with E-state index in [1.165, 1.54) is 4.31 Å². The number of carbonyl (C=O) groups excluding carboxylic acids is 4. The van der Waals surface area contributed by atoms with Crippen LogP contribution < -0.4 is 16.4 Å². The van der Waals surface area contributed by atoms with Gasteiger partial charge in [0.15, 0.2) is 23.3 Å². The normalized spacial score (nSPS) is 20.6. The van der Waals surface area contributed by atoms with E-state index in [9.17, 15) is 58.7 Å². The molecule has 0 spiro atoms. The molecule has 4 fully saturated rings. The van der Waals surface area contributed by atoms with Gasteiger partial charge in [0.1, 0.15) is 23.5 Å². The number of nitrogens with two attached hydrogens (primary N) is 1. The van der Waals surface area contributed by atoms with Gasteiger partial charge in [-0.25, -0.2) is 44.3 Å². The Morgan fingerprint density at radius 1 is 0.800 bits per heavy atom. The molecule has 16 nitrogen and oxygen atoms in total. The molecule has 6 atom stereocenters. The summed E-state index contributed by atoms with van der Waals surface area (Å²) >= 11 is 0. The van der Waals surface area contributed by atoms with Crippen LogP contribution in [0.3, 0.4) is 0 Å². The Morgan fingerprint density at radius 2 is 1.36 bits per heavy atom. The lowest BCUT2D eigenvalue weighted by Crippen LogP contribution is -2.46. The number of carboxylic acids is 1. The summed E-state index contributed by atoms with van der Waals surface area (Å²) in [5.74, 6) is -7.90. The number of nitrogens with zero attached hydrogens (tertiary/aromatic N) is 3. The third kappa shape index (κ3) is 15.0. The van der Waals surface area contributed by atoms with Crippen LogP contribution in [-0.4, -0.2) is 127 Å². The summed E-state index contributed by atoms with van der Waals surface area (Å²) < 4.78 is 118. The number of alkyl carbamates (subject to hydrolysis) is 1. The van der Waals surface area contributed by atoms with E-state index in [4.69, 9.17) is 15.6 Å². The monoisotopic (exact) mass is 1010 g/mol. The number of rotatable bonds is 14. The maximum atomic E-state index is 14.2. The van der Waals surface area contributed by atoms with Gasteiger partial charge >= 0.3 is 12.1 Å². The fourth-order valence-corrected chi connectivity index (χ4v) is 10.4. The molecule has 5 N–H and O–H groups in total. The standard InChI is InChI=1S/C22H24F3N3O3S.C21H28F3N3O3.C4H4O4/c23-18-11-20(25)19(24)9-15(18)8-16(26)10-22(29)28-7-6-14-12-27(13-21(14)28)32(30,31)17-4-2-1-3-5-17;1-21(2,3)30-20(29)26-14(6-13-7-16(23)17(24)9-15(13)22)8-19(28)27-5-4-12-10-25-11-18(12)27;5-3-8-2-1-4(6)7/h1-5,9,11,14,16,21H,6-8,10,12-13,26H2;7,9,12,14,18,25H,4-6,8,10-11H2,1-3H3,(H,26,29);1-3H,(H,6,7)/b;;2-1+/t14-,16+,21+;12-,14+,18+;/m00./s1. The number of ether oxygens (including phenoxy) is 2. The molecule has 0 bridgehead atoms. The first-order valence-corrected chi connectivity index (χ1v) is 23.8. The van der Waals surface area contributed by atoms with Crippen molar-refractivity contribution in [2.75, 3.05) is 39.3 Å². The number of halogens is 6. The average molecular weight is 1010 g/mol. The van der Waals surface area contributed by atoms with E-state index in [1.54, 1.807) is 60.9 Å². The van der Waals surface area contributed by atoms with E-state index in [-0.39, 0.29) is 84.5 Å². The van der Waals surface area contributed by atoms with Crippen molar-refractivity contribution < 1.29 is 73.3 Å². The highest BCUT2D eigenvalue weighted by molar-refractivity contribution is 7.89. The predicted molar refractivity (Wildman–Crippen MR) is 240 cm³/mol. The Bertz CT molecular complexity index is 2500. The first-order chi connectivity index (χ1) is 33.0. The van der Waals surface area contributed by atoms with Gasteiger partial charge in [0, 0.05) is 88.4 Å². The van der Waals surface area contributed by atoms with Crippen LogP contribution in [0.4, 0.5) is 31.1 Å². The lowest BCUT2D eigenvalue weighted by atomic mass is 10.0. The van der Waals surface area contributed by atoms with Gasteiger partial charge in [0.05, 0.1) is 11.0 Å². The van der Waals surface area contributed by atoms with Gasteiger partial charge in [-0.05, 0) is 93.7 Å². The number of benzene rings is 3. The summed E-state index contributed by atoms with van der Waals surface area (Å²) in [6, 6.07) is 8.85. The minimum atomic E-state index is -3.64. The van der Waals surface area contributed by atoms with Crippen LogP contribution in [-0.2, 0) is 51.5 Å². The van der Waals surface area contributed by atoms with Crippen molar-refractivity contribution in [3.8, 4) is 0 Å². The summed E-state index contributed by atoms with van der Waals surface area (Å²) in [5, 5.41) is 13.7. The summed E-state index contributed by atoms with van der Waals surface area (Å²) in [4.78, 5) is 60.6. The van der Waals surface area contributed by atoms with Crippen molar-refractivity contribution in [2.24, 2.45) is 17.6 Å². The molecule has 0 unspecified atom stereocenters. The molecule has 4 heterocycles. The van der Waals surface area contributed by atoms with Gasteiger partial charge in [-0.2, -0.15) is 4.31 Å². The number of hydrogen-bond acceptors (Lipinski definition) is 11. The van der Waals surface area contributed by atoms with Gasteiger partial charge in [-0.1, -0.05) is 18.2 Å². The zero-order chi connectivity index (χ0) is 51.5. The van der Waals surface area contributed by atoms with E-state index in [2.05, 4.69) is 15.4 Å². The summed E-state index contributed by atoms with van der Waals surface area (Å²) in [6.45, 7) is 8.50. The average Bonchev–Trinajstić information content (AvgIpc) is 4.08. The largest absolute Gasteiger partial charge is 0.478 e. The lowest BCUT2D eigenvalue weighted by molar-refractivity contribution is -0.133. The molecule has 382 valence electrons. The van der Waals surface area contributed by atoms with Gasteiger partial charge in [0.25, 0.3) is 6.47 Å². The second-order valence-electron chi connectivity index (χ2n) is 18.2. The van der Waals surface area contributed by atoms with Crippen LogP contribution in [0.1, 0.15) is 57.6 Å². The quantitative estimate of drug-likeness (QED) is 0.0564. The van der Waals surface area contributed by atoms with Crippen LogP contribution in [0, 0.1) is 46.7 Å². The third-order valence-electron chi connectivity index (χ3n) is 12.0. The molecule has 3 aromatic rings. The first kappa shape index (κ1) is 54.9. The Morgan fingerprint density at radius 3 is 1.94 bits per heavy atom. The number of nitrogens with one attached hydrogen (secondary N) is 2. The molecule has 23 heteroatoms. The Kier molecular flexibility index (Phi) is 19.0. The highest BCUT2D eigenvalue weighted by Gasteiger charge is 2.47. The van der Waals surface area contributed by atoms with Crippen LogP contribution >= 0.6 is 0 Å². The van der Waals surface area contributed by atoms with E-state index < -0.39 is 74.7 Å². The topological polar surface area (TPSA) is 218 Å². The Labute approximate surface area is 401 Å². The second-order valence-corrected chi connectivity index (χ2v) is 20.1. The van der Waals surface area contributed by atoms with Crippen molar-refractivity contribution in [3.63, 3.8) is 0 Å². The van der Waals surface area contributed by atoms with E-state index in [1.807, 2.05) is 0 Å². The van der Waals surface area contributed by atoms with E-state index in [0.717, 1.165) is 37.9 Å². The number of carbonyl (C=O) groups is 5. The van der Waals surface area contributed by atoms with Crippen LogP contribution in [0.5, 0.6) is 0 Å². The molecule has 70 heavy (non-hydrogen) atoms. The van der Waals surface area contributed by atoms with Gasteiger partial charge in [-0.15, -0.1) is 0 Å².